The summed E-state index contributed by atoms with van der Waals surface area (Å²) < 4.78 is 5.37. The summed E-state index contributed by atoms with van der Waals surface area (Å²) in [5.74, 6) is 0.432. The smallest absolute Gasteiger partial charge is 0.193 e. The molecule has 21 heavy (non-hydrogen) atoms. The van der Waals surface area contributed by atoms with E-state index in [1.807, 2.05) is 6.92 Å². The van der Waals surface area contributed by atoms with Gasteiger partial charge >= 0.3 is 0 Å². The molecule has 0 aromatic heterocycles. The Kier molecular flexibility index (Phi) is 7.74. The van der Waals surface area contributed by atoms with Crippen LogP contribution < -0.4 is 11.1 Å². The lowest BCUT2D eigenvalue weighted by Crippen LogP contribution is -2.23. The molecule has 0 saturated carbocycles. The molecule has 1 aromatic carbocycles. The summed E-state index contributed by atoms with van der Waals surface area (Å²) in [5.41, 5.74) is 10.8. The number of rotatable bonds is 6. The molecule has 1 aliphatic rings. The van der Waals surface area contributed by atoms with E-state index in [1.165, 1.54) is 24.0 Å². The van der Waals surface area contributed by atoms with Gasteiger partial charge in [-0.05, 0) is 49.4 Å². The Morgan fingerprint density at radius 3 is 2.90 bits per heavy atom. The van der Waals surface area contributed by atoms with Crippen LogP contribution in [0.25, 0.3) is 0 Å². The highest BCUT2D eigenvalue weighted by atomic mass is 127. The molecule has 0 radical (unpaired) electrons. The summed E-state index contributed by atoms with van der Waals surface area (Å²) in [6.45, 7) is 7.40. The molecule has 0 amide bonds. The van der Waals surface area contributed by atoms with E-state index in [2.05, 4.69) is 35.1 Å². The molecule has 0 aliphatic heterocycles. The minimum absolute atomic E-state index is 0. The third-order valence-electron chi connectivity index (χ3n) is 3.24. The van der Waals surface area contributed by atoms with Gasteiger partial charge in [-0.1, -0.05) is 18.2 Å². The predicted octanol–water partition coefficient (Wildman–Crippen LogP) is 3.11. The molecule has 0 fully saturated rings. The summed E-state index contributed by atoms with van der Waals surface area (Å²) in [7, 11) is 0. The van der Waals surface area contributed by atoms with Gasteiger partial charge in [0.15, 0.2) is 5.96 Å². The molecule has 1 aromatic rings. The van der Waals surface area contributed by atoms with E-state index in [0.29, 0.717) is 25.7 Å². The molecule has 4 nitrogen and oxygen atoms in total. The number of nitrogens with one attached hydrogen (secondary N) is 1. The van der Waals surface area contributed by atoms with E-state index in [4.69, 9.17) is 10.5 Å². The fraction of sp³-hybridized carbons (Fsp3) is 0.438. The van der Waals surface area contributed by atoms with Gasteiger partial charge in [-0.3, -0.25) is 4.99 Å². The topological polar surface area (TPSA) is 59.6 Å². The van der Waals surface area contributed by atoms with Crippen molar-refractivity contribution in [1.29, 1.82) is 0 Å². The number of fused-ring (bicyclic) bond motifs is 1. The molecule has 1 aliphatic carbocycles. The minimum Gasteiger partial charge on any atom is -0.375 e. The first-order chi connectivity index (χ1) is 9.65. The Balaban J connectivity index is 0.00000220. The van der Waals surface area contributed by atoms with Crippen LogP contribution in [-0.2, 0) is 17.6 Å². The third kappa shape index (κ3) is 6.05. The predicted molar refractivity (Wildman–Crippen MR) is 99.6 cm³/mol. The maximum Gasteiger partial charge on any atom is 0.193 e. The molecule has 116 valence electrons. The van der Waals surface area contributed by atoms with Gasteiger partial charge in [0.2, 0.25) is 0 Å². The zero-order valence-corrected chi connectivity index (χ0v) is 14.9. The van der Waals surface area contributed by atoms with E-state index in [0.717, 1.165) is 17.7 Å². The number of ether oxygens (including phenoxy) is 1. The normalized spacial score (nSPS) is 13.5. The van der Waals surface area contributed by atoms with Crippen LogP contribution in [0, 0.1) is 0 Å². The maximum absolute atomic E-state index is 5.86. The Hall–Kier alpha value is -1.08. The number of anilines is 1. The number of guanidine groups is 1. The number of hydrogen-bond acceptors (Lipinski definition) is 2. The van der Waals surface area contributed by atoms with Gasteiger partial charge < -0.3 is 15.8 Å². The van der Waals surface area contributed by atoms with Crippen LogP contribution in [0.4, 0.5) is 5.69 Å². The van der Waals surface area contributed by atoms with Crippen molar-refractivity contribution >= 4 is 35.6 Å². The van der Waals surface area contributed by atoms with Gasteiger partial charge in [0.05, 0.1) is 19.8 Å². The lowest BCUT2D eigenvalue weighted by Gasteiger charge is -2.08. The van der Waals surface area contributed by atoms with E-state index in [9.17, 15) is 0 Å². The van der Waals surface area contributed by atoms with E-state index in [-0.39, 0.29) is 24.0 Å². The van der Waals surface area contributed by atoms with Gasteiger partial charge in [-0.25, -0.2) is 0 Å². The summed E-state index contributed by atoms with van der Waals surface area (Å²) in [6, 6.07) is 6.40. The van der Waals surface area contributed by atoms with Crippen molar-refractivity contribution < 1.29 is 4.74 Å². The highest BCUT2D eigenvalue weighted by Crippen LogP contribution is 2.24. The van der Waals surface area contributed by atoms with Crippen LogP contribution in [0.15, 0.2) is 35.3 Å². The fourth-order valence-corrected chi connectivity index (χ4v) is 2.31. The number of benzene rings is 1. The van der Waals surface area contributed by atoms with Crippen LogP contribution >= 0.6 is 24.0 Å². The second kappa shape index (κ2) is 9.04. The molecule has 0 atom stereocenters. The highest BCUT2D eigenvalue weighted by molar-refractivity contribution is 14.0. The second-order valence-electron chi connectivity index (χ2n) is 5.24. The van der Waals surface area contributed by atoms with Crippen LogP contribution in [0.5, 0.6) is 0 Å². The van der Waals surface area contributed by atoms with Crippen molar-refractivity contribution in [2.75, 3.05) is 25.1 Å². The van der Waals surface area contributed by atoms with Gasteiger partial charge in [0.1, 0.15) is 0 Å². The number of halogens is 1. The first-order valence-electron chi connectivity index (χ1n) is 7.06. The van der Waals surface area contributed by atoms with Crippen molar-refractivity contribution in [2.45, 2.75) is 26.2 Å². The van der Waals surface area contributed by atoms with Crippen LogP contribution in [-0.4, -0.2) is 25.7 Å². The van der Waals surface area contributed by atoms with E-state index < -0.39 is 0 Å². The van der Waals surface area contributed by atoms with Crippen molar-refractivity contribution in [3.05, 3.63) is 41.5 Å². The van der Waals surface area contributed by atoms with Crippen molar-refractivity contribution in [2.24, 2.45) is 10.7 Å². The molecule has 2 rings (SSSR count). The molecule has 0 bridgehead atoms. The molecule has 3 N–H and O–H groups in total. The molecular formula is C16H24IN3O. The fourth-order valence-electron chi connectivity index (χ4n) is 2.31. The zero-order chi connectivity index (χ0) is 14.4. The molecule has 0 heterocycles. The number of nitrogens with two attached hydrogens (primary N) is 1. The first kappa shape index (κ1) is 18.0. The average Bonchev–Trinajstić information content (AvgIpc) is 2.85. The van der Waals surface area contributed by atoms with Gasteiger partial charge in [-0.15, -0.1) is 24.0 Å². The first-order valence-corrected chi connectivity index (χ1v) is 7.06. The summed E-state index contributed by atoms with van der Waals surface area (Å²) >= 11 is 0. The lowest BCUT2D eigenvalue weighted by molar-refractivity contribution is 0.165. The third-order valence-corrected chi connectivity index (χ3v) is 3.24. The van der Waals surface area contributed by atoms with Crippen molar-refractivity contribution in [3.63, 3.8) is 0 Å². The van der Waals surface area contributed by atoms with Crippen molar-refractivity contribution in [3.8, 4) is 0 Å². The van der Waals surface area contributed by atoms with Crippen molar-refractivity contribution in [1.82, 2.24) is 0 Å². The van der Waals surface area contributed by atoms with Crippen LogP contribution in [0.3, 0.4) is 0 Å². The summed E-state index contributed by atoms with van der Waals surface area (Å²) in [6.07, 6.45) is 3.61. The van der Waals surface area contributed by atoms with Gasteiger partial charge in [0, 0.05) is 5.69 Å². The summed E-state index contributed by atoms with van der Waals surface area (Å²) in [4.78, 5) is 4.24. The Morgan fingerprint density at radius 2 is 2.14 bits per heavy atom. The molecule has 5 heteroatoms. The lowest BCUT2D eigenvalue weighted by atomic mass is 10.1. The Bertz CT molecular complexity index is 514. The number of aliphatic imine (C=N–C) groups is 1. The highest BCUT2D eigenvalue weighted by Gasteiger charge is 2.10. The zero-order valence-electron chi connectivity index (χ0n) is 12.5. The van der Waals surface area contributed by atoms with Gasteiger partial charge in [-0.2, -0.15) is 0 Å². The Morgan fingerprint density at radius 1 is 1.38 bits per heavy atom. The minimum atomic E-state index is 0. The molecule has 0 saturated heterocycles. The largest absolute Gasteiger partial charge is 0.375 e. The second-order valence-corrected chi connectivity index (χ2v) is 5.24. The number of nitrogens with zero attached hydrogens (tertiary/aromatic N) is 1. The average molecular weight is 401 g/mol. The Labute approximate surface area is 143 Å². The number of aryl methyl sites for hydroxylation is 2. The molecule has 0 unspecified atom stereocenters. The quantitative estimate of drug-likeness (QED) is 0.253. The number of hydrogen-bond donors (Lipinski definition) is 2. The van der Waals surface area contributed by atoms with Gasteiger partial charge in [0.25, 0.3) is 0 Å². The molecular weight excluding hydrogens is 377 g/mol. The standard InChI is InChI=1S/C16H23N3O.HI/c1-12(2)11-20-9-8-18-16(17)19-15-7-6-13-4-3-5-14(13)10-15;/h6-7,10H,1,3-5,8-9,11H2,2H3,(H3,17,18,19);1H. The van der Waals surface area contributed by atoms with Crippen LogP contribution in [0.2, 0.25) is 0 Å². The monoisotopic (exact) mass is 401 g/mol. The summed E-state index contributed by atoms with van der Waals surface area (Å²) in [5, 5.41) is 3.13. The maximum atomic E-state index is 5.86. The SMILES string of the molecule is C=C(C)COCCN=C(N)Nc1ccc2c(c1)CCC2.I. The molecule has 0 spiro atoms. The van der Waals surface area contributed by atoms with E-state index >= 15 is 0 Å². The van der Waals surface area contributed by atoms with E-state index in [1.54, 1.807) is 0 Å². The van der Waals surface area contributed by atoms with Crippen LogP contribution in [0.1, 0.15) is 24.5 Å².